The first-order valence-corrected chi connectivity index (χ1v) is 11.0. The van der Waals surface area contributed by atoms with Gasteiger partial charge in [-0.25, -0.2) is 4.98 Å². The van der Waals surface area contributed by atoms with Crippen molar-refractivity contribution in [2.45, 2.75) is 45.1 Å². The van der Waals surface area contributed by atoms with Crippen molar-refractivity contribution in [2.24, 2.45) is 0 Å². The lowest BCUT2D eigenvalue weighted by Gasteiger charge is -2.34. The number of carbonyl (C=O) groups excluding carboxylic acids is 1. The van der Waals surface area contributed by atoms with Crippen LogP contribution in [0.15, 0.2) is 36.5 Å². The minimum atomic E-state index is 0.0479. The third-order valence-corrected chi connectivity index (χ3v) is 6.17. The average Bonchev–Trinajstić information content (AvgIpc) is 2.74. The molecule has 1 N–H and O–H groups in total. The summed E-state index contributed by atoms with van der Waals surface area (Å²) in [6, 6.07) is 10.7. The summed E-state index contributed by atoms with van der Waals surface area (Å²) in [4.78, 5) is 21.4. The Morgan fingerprint density at radius 1 is 1.10 bits per heavy atom. The molecule has 0 spiro atoms. The van der Waals surface area contributed by atoms with Crippen molar-refractivity contribution in [3.05, 3.63) is 52.7 Å². The first-order chi connectivity index (χ1) is 14.1. The Hall–Kier alpha value is -2.27. The number of halogens is 1. The molecule has 1 aromatic carbocycles. The van der Waals surface area contributed by atoms with Gasteiger partial charge < -0.3 is 15.1 Å². The Kier molecular flexibility index (Phi) is 6.24. The maximum atomic E-state index is 12.7. The molecule has 5 nitrogen and oxygen atoms in total. The number of likely N-dealkylation sites (tertiary alicyclic amines) is 1. The highest BCUT2D eigenvalue weighted by molar-refractivity contribution is 6.33. The lowest BCUT2D eigenvalue weighted by molar-refractivity contribution is 0.0724. The Morgan fingerprint density at radius 2 is 1.86 bits per heavy atom. The highest BCUT2D eigenvalue weighted by atomic mass is 35.5. The molecule has 154 valence electrons. The molecule has 2 aliphatic rings. The molecular weight excluding hydrogens is 384 g/mol. The fraction of sp³-hybridized carbons (Fsp3) is 0.478. The third kappa shape index (κ3) is 4.84. The normalized spacial score (nSPS) is 18.0. The van der Waals surface area contributed by atoms with E-state index in [0.29, 0.717) is 16.6 Å². The maximum absolute atomic E-state index is 12.7. The Morgan fingerprint density at radius 3 is 2.55 bits per heavy atom. The van der Waals surface area contributed by atoms with Gasteiger partial charge in [0.1, 0.15) is 5.82 Å². The zero-order valence-electron chi connectivity index (χ0n) is 17.0. The predicted octanol–water partition coefficient (Wildman–Crippen LogP) is 4.75. The van der Waals surface area contributed by atoms with E-state index in [-0.39, 0.29) is 5.91 Å². The van der Waals surface area contributed by atoms with Crippen LogP contribution in [0, 0.1) is 6.92 Å². The van der Waals surface area contributed by atoms with Gasteiger partial charge in [-0.05, 0) is 62.8 Å². The van der Waals surface area contributed by atoms with Crippen molar-refractivity contribution >= 4 is 29.0 Å². The quantitative estimate of drug-likeness (QED) is 0.787. The number of pyridine rings is 1. The lowest BCUT2D eigenvalue weighted by atomic mass is 10.0. The number of nitrogens with one attached hydrogen (secondary N) is 1. The first kappa shape index (κ1) is 20.0. The minimum Gasteiger partial charge on any atom is -0.382 e. The molecule has 0 unspecified atom stereocenters. The van der Waals surface area contributed by atoms with Crippen LogP contribution in [-0.4, -0.2) is 48.0 Å². The fourth-order valence-corrected chi connectivity index (χ4v) is 4.55. The maximum Gasteiger partial charge on any atom is 0.255 e. The molecular formula is C23H29ClN4O. The summed E-state index contributed by atoms with van der Waals surface area (Å²) in [6.07, 6.45) is 7.11. The predicted molar refractivity (Wildman–Crippen MR) is 119 cm³/mol. The zero-order chi connectivity index (χ0) is 20.2. The second-order valence-corrected chi connectivity index (χ2v) is 8.56. The molecule has 1 amide bonds. The van der Waals surface area contributed by atoms with Crippen molar-refractivity contribution in [1.29, 1.82) is 0 Å². The third-order valence-electron chi connectivity index (χ3n) is 5.90. The molecule has 0 bridgehead atoms. The van der Waals surface area contributed by atoms with E-state index in [1.165, 1.54) is 17.7 Å². The first-order valence-electron chi connectivity index (χ1n) is 10.6. The van der Waals surface area contributed by atoms with Crippen molar-refractivity contribution in [1.82, 2.24) is 9.88 Å². The number of rotatable bonds is 4. The number of benzene rings is 1. The minimum absolute atomic E-state index is 0.0479. The van der Waals surface area contributed by atoms with Crippen LogP contribution < -0.4 is 10.2 Å². The molecule has 29 heavy (non-hydrogen) atoms. The molecule has 4 rings (SSSR count). The number of amides is 1. The number of hydrogen-bond acceptors (Lipinski definition) is 4. The van der Waals surface area contributed by atoms with Gasteiger partial charge in [-0.2, -0.15) is 0 Å². The van der Waals surface area contributed by atoms with Gasteiger partial charge in [0.05, 0.1) is 10.6 Å². The van der Waals surface area contributed by atoms with Gasteiger partial charge in [-0.1, -0.05) is 23.7 Å². The van der Waals surface area contributed by atoms with Gasteiger partial charge >= 0.3 is 0 Å². The monoisotopic (exact) mass is 412 g/mol. The number of anilines is 2. The lowest BCUT2D eigenvalue weighted by Crippen LogP contribution is -2.40. The van der Waals surface area contributed by atoms with E-state index >= 15 is 0 Å². The van der Waals surface area contributed by atoms with Crippen LogP contribution in [-0.2, 0) is 0 Å². The molecule has 2 aromatic rings. The topological polar surface area (TPSA) is 48.5 Å². The standard InChI is InChI=1S/C23H29ClN4O/c1-17-6-5-7-20(14-17)26-19-8-12-27(13-9-19)22-21(24)15-18(16-25-22)23(29)28-10-3-2-4-11-28/h5-7,14-16,19,26H,2-4,8-13H2,1H3. The molecule has 2 saturated heterocycles. The van der Waals surface area contributed by atoms with Crippen molar-refractivity contribution in [3.63, 3.8) is 0 Å². The largest absolute Gasteiger partial charge is 0.382 e. The molecule has 0 aliphatic carbocycles. The van der Waals surface area contributed by atoms with Crippen LogP contribution in [0.5, 0.6) is 0 Å². The molecule has 0 atom stereocenters. The van der Waals surface area contributed by atoms with Gasteiger partial charge in [0.15, 0.2) is 0 Å². The number of aryl methyl sites for hydroxylation is 1. The second-order valence-electron chi connectivity index (χ2n) is 8.16. The van der Waals surface area contributed by atoms with E-state index in [9.17, 15) is 4.79 Å². The molecule has 3 heterocycles. The van der Waals surface area contributed by atoms with Gasteiger partial charge in [0, 0.05) is 44.1 Å². The van der Waals surface area contributed by atoms with E-state index in [4.69, 9.17) is 11.6 Å². The number of nitrogens with zero attached hydrogens (tertiary/aromatic N) is 3. The molecule has 0 radical (unpaired) electrons. The van der Waals surface area contributed by atoms with Crippen LogP contribution in [0.3, 0.4) is 0 Å². The summed E-state index contributed by atoms with van der Waals surface area (Å²) in [5.74, 6) is 0.836. The van der Waals surface area contributed by atoms with Crippen LogP contribution in [0.1, 0.15) is 48.0 Å². The molecule has 2 aliphatic heterocycles. The fourth-order valence-electron chi connectivity index (χ4n) is 4.27. The van der Waals surface area contributed by atoms with Gasteiger partial charge in [0.2, 0.25) is 0 Å². The Bertz CT molecular complexity index is 858. The van der Waals surface area contributed by atoms with Crippen LogP contribution in [0.2, 0.25) is 5.02 Å². The average molecular weight is 413 g/mol. The zero-order valence-corrected chi connectivity index (χ0v) is 17.8. The Labute approximate surface area is 178 Å². The van der Waals surface area contributed by atoms with Gasteiger partial charge in [-0.3, -0.25) is 4.79 Å². The summed E-state index contributed by atoms with van der Waals surface area (Å²) in [5, 5.41) is 4.21. The van der Waals surface area contributed by atoms with Crippen molar-refractivity contribution in [3.8, 4) is 0 Å². The van der Waals surface area contributed by atoms with Gasteiger partial charge in [-0.15, -0.1) is 0 Å². The van der Waals surface area contributed by atoms with E-state index in [2.05, 4.69) is 46.4 Å². The second kappa shape index (κ2) is 9.04. The number of piperidine rings is 2. The molecule has 2 fully saturated rings. The summed E-state index contributed by atoms with van der Waals surface area (Å²) in [6.45, 7) is 5.58. The highest BCUT2D eigenvalue weighted by Crippen LogP contribution is 2.28. The summed E-state index contributed by atoms with van der Waals surface area (Å²) >= 11 is 6.54. The van der Waals surface area contributed by atoms with E-state index in [0.717, 1.165) is 57.7 Å². The van der Waals surface area contributed by atoms with E-state index in [1.54, 1.807) is 12.3 Å². The molecule has 0 saturated carbocycles. The van der Waals surface area contributed by atoms with E-state index < -0.39 is 0 Å². The summed E-state index contributed by atoms with van der Waals surface area (Å²) < 4.78 is 0. The van der Waals surface area contributed by atoms with Crippen LogP contribution in [0.4, 0.5) is 11.5 Å². The Balaban J connectivity index is 1.36. The molecule has 6 heteroatoms. The number of hydrogen-bond donors (Lipinski definition) is 1. The summed E-state index contributed by atoms with van der Waals surface area (Å²) in [7, 11) is 0. The SMILES string of the molecule is Cc1cccc(NC2CCN(c3ncc(C(=O)N4CCCCC4)cc3Cl)CC2)c1. The van der Waals surface area contributed by atoms with E-state index in [1.807, 2.05) is 4.90 Å². The highest BCUT2D eigenvalue weighted by Gasteiger charge is 2.24. The number of carbonyl (C=O) groups is 1. The van der Waals surface area contributed by atoms with Crippen molar-refractivity contribution in [2.75, 3.05) is 36.4 Å². The van der Waals surface area contributed by atoms with Gasteiger partial charge in [0.25, 0.3) is 5.91 Å². The molecule has 1 aromatic heterocycles. The smallest absolute Gasteiger partial charge is 0.255 e. The van der Waals surface area contributed by atoms with Crippen LogP contribution >= 0.6 is 11.6 Å². The summed E-state index contributed by atoms with van der Waals surface area (Å²) in [5.41, 5.74) is 3.04. The van der Waals surface area contributed by atoms with Crippen molar-refractivity contribution < 1.29 is 4.79 Å². The number of aromatic nitrogens is 1. The van der Waals surface area contributed by atoms with Crippen LogP contribution in [0.25, 0.3) is 0 Å².